The van der Waals surface area contributed by atoms with Crippen LogP contribution in [0.3, 0.4) is 0 Å². The molecule has 0 N–H and O–H groups in total. The highest BCUT2D eigenvalue weighted by molar-refractivity contribution is 6.67. The van der Waals surface area contributed by atoms with Gasteiger partial charge in [-0.05, 0) is 47.4 Å². The third kappa shape index (κ3) is 2.44. The Hall–Kier alpha value is -1.94. The fourth-order valence-electron chi connectivity index (χ4n) is 2.25. The van der Waals surface area contributed by atoms with Gasteiger partial charge in [0.1, 0.15) is 17.2 Å². The first kappa shape index (κ1) is 12.1. The maximum absolute atomic E-state index is 5.83. The lowest BCUT2D eigenvalue weighted by molar-refractivity contribution is 0.333. The van der Waals surface area contributed by atoms with Crippen molar-refractivity contribution in [3.63, 3.8) is 0 Å². The maximum Gasteiger partial charge on any atom is 0.324 e. The summed E-state index contributed by atoms with van der Waals surface area (Å²) in [5, 5.41) is 0. The van der Waals surface area contributed by atoms with Crippen LogP contribution in [0.1, 0.15) is 5.56 Å². The second-order valence-corrected chi connectivity index (χ2v) is 4.59. The first-order valence-corrected chi connectivity index (χ1v) is 6.32. The van der Waals surface area contributed by atoms with Crippen molar-refractivity contribution in [3.8, 4) is 17.2 Å². The maximum atomic E-state index is 5.83. The van der Waals surface area contributed by atoms with E-state index in [4.69, 9.17) is 14.1 Å². The lowest BCUT2D eigenvalue weighted by atomic mass is 9.64. The molecule has 19 heavy (non-hydrogen) atoms. The van der Waals surface area contributed by atoms with Gasteiger partial charge in [0.05, 0.1) is 13.7 Å². The minimum absolute atomic E-state index is 0.185. The molecule has 0 bridgehead atoms. The fourth-order valence-corrected chi connectivity index (χ4v) is 2.25. The molecule has 0 saturated carbocycles. The Bertz CT molecular complexity index is 580. The number of rotatable bonds is 3. The van der Waals surface area contributed by atoms with Crippen molar-refractivity contribution in [2.45, 2.75) is 13.4 Å². The molecule has 1 aliphatic heterocycles. The number of ether oxygens (including phenoxy) is 2. The SMILES string of the molecule is COc1ccc(Oc2ccc3c(c2)COB3C)cc1. The topological polar surface area (TPSA) is 27.7 Å². The van der Waals surface area contributed by atoms with Crippen molar-refractivity contribution in [1.29, 1.82) is 0 Å². The van der Waals surface area contributed by atoms with Crippen molar-refractivity contribution < 1.29 is 14.1 Å². The van der Waals surface area contributed by atoms with E-state index in [1.807, 2.05) is 36.4 Å². The van der Waals surface area contributed by atoms with E-state index in [9.17, 15) is 0 Å². The third-order valence-electron chi connectivity index (χ3n) is 3.34. The Kier molecular flexibility index (Phi) is 3.17. The van der Waals surface area contributed by atoms with Gasteiger partial charge in [-0.15, -0.1) is 0 Å². The molecular formula is C15H15BO3. The average Bonchev–Trinajstić information content (AvgIpc) is 2.81. The second kappa shape index (κ2) is 4.98. The van der Waals surface area contributed by atoms with Crippen LogP contribution >= 0.6 is 0 Å². The number of methoxy groups -OCH3 is 1. The molecule has 0 unspecified atom stereocenters. The lowest BCUT2D eigenvalue weighted by Gasteiger charge is -2.08. The molecule has 0 amide bonds. The van der Waals surface area contributed by atoms with Gasteiger partial charge in [-0.1, -0.05) is 12.9 Å². The Balaban J connectivity index is 1.79. The van der Waals surface area contributed by atoms with Gasteiger partial charge in [-0.25, -0.2) is 0 Å². The summed E-state index contributed by atoms with van der Waals surface area (Å²) in [6.45, 7) is 2.91. The molecule has 3 rings (SSSR count). The predicted octanol–water partition coefficient (Wildman–Crippen LogP) is 2.85. The Morgan fingerprint density at radius 3 is 2.42 bits per heavy atom. The smallest absolute Gasteiger partial charge is 0.324 e. The van der Waals surface area contributed by atoms with Gasteiger partial charge in [-0.3, -0.25) is 0 Å². The predicted molar refractivity (Wildman–Crippen MR) is 75.6 cm³/mol. The van der Waals surface area contributed by atoms with Crippen LogP contribution in [0.2, 0.25) is 6.82 Å². The highest BCUT2D eigenvalue weighted by Crippen LogP contribution is 2.25. The molecule has 0 spiro atoms. The van der Waals surface area contributed by atoms with Crippen molar-refractivity contribution >= 4 is 12.4 Å². The van der Waals surface area contributed by atoms with Gasteiger partial charge in [0.25, 0.3) is 0 Å². The van der Waals surface area contributed by atoms with Crippen molar-refractivity contribution in [1.82, 2.24) is 0 Å². The van der Waals surface area contributed by atoms with Crippen LogP contribution in [-0.2, 0) is 11.3 Å². The van der Waals surface area contributed by atoms with Crippen LogP contribution in [0.15, 0.2) is 42.5 Å². The van der Waals surface area contributed by atoms with Crippen LogP contribution in [-0.4, -0.2) is 14.0 Å². The van der Waals surface area contributed by atoms with Crippen molar-refractivity contribution in [2.24, 2.45) is 0 Å². The van der Waals surface area contributed by atoms with E-state index in [0.29, 0.717) is 6.61 Å². The minimum Gasteiger partial charge on any atom is -0.497 e. The Morgan fingerprint density at radius 1 is 1.00 bits per heavy atom. The van der Waals surface area contributed by atoms with Gasteiger partial charge in [0.2, 0.25) is 0 Å². The molecule has 1 aliphatic rings. The van der Waals surface area contributed by atoms with E-state index in [-0.39, 0.29) is 6.92 Å². The summed E-state index contributed by atoms with van der Waals surface area (Å²) in [5.41, 5.74) is 2.46. The van der Waals surface area contributed by atoms with Crippen LogP contribution in [0.4, 0.5) is 0 Å². The number of fused-ring (bicyclic) bond motifs is 1. The van der Waals surface area contributed by atoms with Crippen molar-refractivity contribution in [3.05, 3.63) is 48.0 Å². The molecule has 0 saturated heterocycles. The van der Waals surface area contributed by atoms with Gasteiger partial charge >= 0.3 is 6.92 Å². The van der Waals surface area contributed by atoms with Gasteiger partial charge in [0, 0.05) is 0 Å². The first-order chi connectivity index (χ1) is 9.26. The summed E-state index contributed by atoms with van der Waals surface area (Å²) in [6, 6.07) is 13.7. The number of benzene rings is 2. The van der Waals surface area contributed by atoms with Crippen LogP contribution in [0.25, 0.3) is 0 Å². The standard InChI is InChI=1S/C15H15BO3/c1-16-15-8-7-14(9-11(15)10-18-16)19-13-5-3-12(17-2)4-6-13/h3-9H,10H2,1-2H3. The fraction of sp³-hybridized carbons (Fsp3) is 0.200. The zero-order valence-electron chi connectivity index (χ0n) is 11.1. The molecule has 0 atom stereocenters. The lowest BCUT2D eigenvalue weighted by Crippen LogP contribution is -2.23. The zero-order valence-corrected chi connectivity index (χ0v) is 11.1. The van der Waals surface area contributed by atoms with E-state index in [0.717, 1.165) is 17.2 Å². The van der Waals surface area contributed by atoms with Crippen LogP contribution in [0.5, 0.6) is 17.2 Å². The molecule has 3 nitrogen and oxygen atoms in total. The highest BCUT2D eigenvalue weighted by Gasteiger charge is 2.23. The van der Waals surface area contributed by atoms with Gasteiger partial charge in [0.15, 0.2) is 0 Å². The summed E-state index contributed by atoms with van der Waals surface area (Å²) in [7, 11) is 1.65. The Labute approximate surface area is 113 Å². The largest absolute Gasteiger partial charge is 0.497 e. The van der Waals surface area contributed by atoms with E-state index >= 15 is 0 Å². The molecule has 96 valence electrons. The molecule has 4 heteroatoms. The molecule has 2 aromatic carbocycles. The van der Waals surface area contributed by atoms with Gasteiger partial charge in [-0.2, -0.15) is 0 Å². The molecule has 0 fully saturated rings. The molecular weight excluding hydrogens is 239 g/mol. The first-order valence-electron chi connectivity index (χ1n) is 6.32. The minimum atomic E-state index is 0.185. The van der Waals surface area contributed by atoms with E-state index in [1.54, 1.807) is 7.11 Å². The Morgan fingerprint density at radius 2 is 1.68 bits per heavy atom. The average molecular weight is 254 g/mol. The third-order valence-corrected chi connectivity index (χ3v) is 3.34. The summed E-state index contributed by atoms with van der Waals surface area (Å²) in [4.78, 5) is 0. The van der Waals surface area contributed by atoms with Crippen LogP contribution < -0.4 is 14.9 Å². The molecule has 1 heterocycles. The second-order valence-electron chi connectivity index (χ2n) is 4.59. The molecule has 0 radical (unpaired) electrons. The summed E-state index contributed by atoms with van der Waals surface area (Å²) in [6.07, 6.45) is 0. The molecule has 0 aromatic heterocycles. The van der Waals surface area contributed by atoms with Gasteiger partial charge < -0.3 is 14.1 Å². The summed E-state index contributed by atoms with van der Waals surface area (Å²) < 4.78 is 16.5. The summed E-state index contributed by atoms with van der Waals surface area (Å²) >= 11 is 0. The normalized spacial score (nSPS) is 13.3. The highest BCUT2D eigenvalue weighted by atomic mass is 16.5. The number of hydrogen-bond acceptors (Lipinski definition) is 3. The summed E-state index contributed by atoms with van der Waals surface area (Å²) in [5.74, 6) is 2.46. The molecule has 0 aliphatic carbocycles. The van der Waals surface area contributed by atoms with Crippen LogP contribution in [0, 0.1) is 0 Å². The van der Waals surface area contributed by atoms with E-state index < -0.39 is 0 Å². The van der Waals surface area contributed by atoms with E-state index in [1.165, 1.54) is 11.0 Å². The number of hydrogen-bond donors (Lipinski definition) is 0. The quantitative estimate of drug-likeness (QED) is 0.788. The zero-order chi connectivity index (χ0) is 13.2. The van der Waals surface area contributed by atoms with Crippen molar-refractivity contribution in [2.75, 3.05) is 7.11 Å². The van der Waals surface area contributed by atoms with E-state index in [2.05, 4.69) is 12.9 Å². The molecule has 2 aromatic rings. The monoisotopic (exact) mass is 254 g/mol.